The van der Waals surface area contributed by atoms with Crippen LogP contribution < -0.4 is 5.73 Å². The van der Waals surface area contributed by atoms with E-state index in [0.29, 0.717) is 13.1 Å². The topological polar surface area (TPSA) is 69.8 Å². The lowest BCUT2D eigenvalue weighted by atomic mass is 10.2. The average Bonchev–Trinajstić information content (AvgIpc) is 2.08. The Kier molecular flexibility index (Phi) is 3.65. The van der Waals surface area contributed by atoms with Crippen molar-refractivity contribution in [3.8, 4) is 0 Å². The molecule has 76 valence electrons. The van der Waals surface area contributed by atoms with Gasteiger partial charge in [0.2, 0.25) is 0 Å². The van der Waals surface area contributed by atoms with Crippen LogP contribution in [0, 0.1) is 0 Å². The zero-order valence-corrected chi connectivity index (χ0v) is 7.94. The molecule has 0 saturated carbocycles. The van der Waals surface area contributed by atoms with E-state index in [0.717, 1.165) is 19.6 Å². The van der Waals surface area contributed by atoms with Gasteiger partial charge in [0.25, 0.3) is 0 Å². The first-order valence-electron chi connectivity index (χ1n) is 4.50. The van der Waals surface area contributed by atoms with Crippen LogP contribution >= 0.6 is 0 Å². The fourth-order valence-corrected chi connectivity index (χ4v) is 1.58. The van der Waals surface area contributed by atoms with Gasteiger partial charge in [-0.05, 0) is 7.05 Å². The van der Waals surface area contributed by atoms with E-state index in [1.54, 1.807) is 0 Å². The van der Waals surface area contributed by atoms with E-state index >= 15 is 0 Å². The van der Waals surface area contributed by atoms with Crippen molar-refractivity contribution < 1.29 is 9.90 Å². The van der Waals surface area contributed by atoms with E-state index in [1.807, 2.05) is 11.9 Å². The lowest BCUT2D eigenvalue weighted by molar-refractivity contribution is -0.145. The molecule has 0 bridgehead atoms. The minimum absolute atomic E-state index is 0.375. The predicted molar refractivity (Wildman–Crippen MR) is 49.5 cm³/mol. The molecule has 3 N–H and O–H groups in total. The lowest BCUT2D eigenvalue weighted by Gasteiger charge is -2.36. The summed E-state index contributed by atoms with van der Waals surface area (Å²) in [6.45, 7) is 3.69. The van der Waals surface area contributed by atoms with Gasteiger partial charge in [-0.2, -0.15) is 0 Å². The number of carboxylic acid groups (broad SMARTS) is 1. The maximum Gasteiger partial charge on any atom is 0.322 e. The van der Waals surface area contributed by atoms with E-state index in [2.05, 4.69) is 4.90 Å². The van der Waals surface area contributed by atoms with E-state index in [-0.39, 0.29) is 6.04 Å². The van der Waals surface area contributed by atoms with Gasteiger partial charge in [0.1, 0.15) is 6.04 Å². The normalized spacial score (nSPS) is 26.2. The van der Waals surface area contributed by atoms with Gasteiger partial charge in [0.15, 0.2) is 0 Å². The summed E-state index contributed by atoms with van der Waals surface area (Å²) in [5, 5.41) is 8.90. The second kappa shape index (κ2) is 4.55. The van der Waals surface area contributed by atoms with E-state index < -0.39 is 5.97 Å². The van der Waals surface area contributed by atoms with Crippen molar-refractivity contribution in [1.82, 2.24) is 9.80 Å². The first-order chi connectivity index (χ1) is 6.15. The lowest BCUT2D eigenvalue weighted by Crippen LogP contribution is -2.55. The van der Waals surface area contributed by atoms with Gasteiger partial charge in [-0.3, -0.25) is 14.6 Å². The Hall–Kier alpha value is -0.650. The Bertz CT molecular complexity index is 186. The monoisotopic (exact) mass is 187 g/mol. The zero-order chi connectivity index (χ0) is 9.84. The van der Waals surface area contributed by atoms with E-state index in [4.69, 9.17) is 10.8 Å². The molecule has 5 heteroatoms. The molecule has 1 rings (SSSR count). The molecule has 0 aromatic carbocycles. The third-order valence-electron chi connectivity index (χ3n) is 2.46. The van der Waals surface area contributed by atoms with Crippen molar-refractivity contribution >= 4 is 5.97 Å². The first-order valence-corrected chi connectivity index (χ1v) is 4.50. The van der Waals surface area contributed by atoms with Gasteiger partial charge in [-0.15, -0.1) is 0 Å². The Balaban J connectivity index is 2.47. The van der Waals surface area contributed by atoms with Gasteiger partial charge in [0, 0.05) is 32.7 Å². The number of likely N-dealkylation sites (N-methyl/N-ethyl adjacent to an activating group) is 1. The number of hydrogen-bond donors (Lipinski definition) is 2. The summed E-state index contributed by atoms with van der Waals surface area (Å²) in [5.74, 6) is -0.746. The van der Waals surface area contributed by atoms with Crippen LogP contribution in [0.4, 0.5) is 0 Å². The largest absolute Gasteiger partial charge is 0.480 e. The maximum absolute atomic E-state index is 10.8. The van der Waals surface area contributed by atoms with E-state index in [1.165, 1.54) is 0 Å². The van der Waals surface area contributed by atoms with Gasteiger partial charge in [0.05, 0.1) is 0 Å². The molecular formula is C8H17N3O2. The van der Waals surface area contributed by atoms with Crippen LogP contribution in [0.2, 0.25) is 0 Å². The molecule has 1 atom stereocenters. The highest BCUT2D eigenvalue weighted by Crippen LogP contribution is 2.06. The van der Waals surface area contributed by atoms with Crippen molar-refractivity contribution in [2.24, 2.45) is 5.73 Å². The molecule has 0 aromatic heterocycles. The maximum atomic E-state index is 10.8. The van der Waals surface area contributed by atoms with Crippen LogP contribution in [0.1, 0.15) is 0 Å². The van der Waals surface area contributed by atoms with Crippen molar-refractivity contribution in [2.75, 3.05) is 39.8 Å². The second-order valence-corrected chi connectivity index (χ2v) is 3.42. The standard InChI is InChI=1S/C8H17N3O2/c1-10-4-5-11(3-2-9)6-7(10)8(12)13/h7H,2-6,9H2,1H3,(H,12,13). The van der Waals surface area contributed by atoms with Crippen molar-refractivity contribution in [1.29, 1.82) is 0 Å². The minimum atomic E-state index is -0.746. The summed E-state index contributed by atoms with van der Waals surface area (Å²) >= 11 is 0. The Labute approximate surface area is 78.1 Å². The number of carbonyl (C=O) groups is 1. The number of piperazine rings is 1. The van der Waals surface area contributed by atoms with Crippen LogP contribution in [-0.4, -0.2) is 66.7 Å². The first kappa shape index (κ1) is 10.4. The Morgan fingerprint density at radius 2 is 2.31 bits per heavy atom. The molecule has 0 aliphatic carbocycles. The summed E-state index contributed by atoms with van der Waals surface area (Å²) in [6, 6.07) is -0.375. The average molecular weight is 187 g/mol. The molecule has 0 amide bonds. The second-order valence-electron chi connectivity index (χ2n) is 3.42. The summed E-state index contributed by atoms with van der Waals surface area (Å²) in [6.07, 6.45) is 0. The molecule has 0 aromatic rings. The number of nitrogens with two attached hydrogens (primary N) is 1. The Morgan fingerprint density at radius 3 is 2.85 bits per heavy atom. The molecule has 1 saturated heterocycles. The molecule has 1 fully saturated rings. The minimum Gasteiger partial charge on any atom is -0.480 e. The molecule has 1 aliphatic heterocycles. The molecule has 1 unspecified atom stereocenters. The summed E-state index contributed by atoms with van der Waals surface area (Å²) < 4.78 is 0. The smallest absolute Gasteiger partial charge is 0.322 e. The van der Waals surface area contributed by atoms with Crippen LogP contribution in [0.5, 0.6) is 0 Å². The highest BCUT2D eigenvalue weighted by Gasteiger charge is 2.28. The third kappa shape index (κ3) is 2.65. The number of carboxylic acids is 1. The molecule has 0 spiro atoms. The quantitative estimate of drug-likeness (QED) is 0.571. The highest BCUT2D eigenvalue weighted by atomic mass is 16.4. The van der Waals surface area contributed by atoms with Gasteiger partial charge < -0.3 is 10.8 Å². The van der Waals surface area contributed by atoms with Gasteiger partial charge >= 0.3 is 5.97 Å². The van der Waals surface area contributed by atoms with Crippen molar-refractivity contribution in [3.63, 3.8) is 0 Å². The van der Waals surface area contributed by atoms with Crippen LogP contribution in [-0.2, 0) is 4.79 Å². The molecule has 5 nitrogen and oxygen atoms in total. The molecular weight excluding hydrogens is 170 g/mol. The highest BCUT2D eigenvalue weighted by molar-refractivity contribution is 5.73. The SMILES string of the molecule is CN1CCN(CCN)CC1C(=O)O. The number of nitrogens with zero attached hydrogens (tertiary/aromatic N) is 2. The van der Waals surface area contributed by atoms with Crippen molar-refractivity contribution in [3.05, 3.63) is 0 Å². The summed E-state index contributed by atoms with van der Waals surface area (Å²) in [4.78, 5) is 14.8. The van der Waals surface area contributed by atoms with E-state index in [9.17, 15) is 4.79 Å². The predicted octanol–water partition coefficient (Wildman–Crippen LogP) is -1.35. The van der Waals surface area contributed by atoms with Crippen molar-refractivity contribution in [2.45, 2.75) is 6.04 Å². The van der Waals surface area contributed by atoms with Crippen LogP contribution in [0.3, 0.4) is 0 Å². The molecule has 0 radical (unpaired) electrons. The third-order valence-corrected chi connectivity index (χ3v) is 2.46. The molecule has 1 heterocycles. The van der Waals surface area contributed by atoms with Crippen LogP contribution in [0.25, 0.3) is 0 Å². The Morgan fingerprint density at radius 1 is 1.62 bits per heavy atom. The fraction of sp³-hybridized carbons (Fsp3) is 0.875. The number of rotatable bonds is 3. The molecule has 13 heavy (non-hydrogen) atoms. The number of aliphatic carboxylic acids is 1. The summed E-state index contributed by atoms with van der Waals surface area (Å²) in [7, 11) is 1.85. The molecule has 1 aliphatic rings. The van der Waals surface area contributed by atoms with Gasteiger partial charge in [-0.1, -0.05) is 0 Å². The van der Waals surface area contributed by atoms with Crippen LogP contribution in [0.15, 0.2) is 0 Å². The number of hydrogen-bond acceptors (Lipinski definition) is 4. The van der Waals surface area contributed by atoms with Gasteiger partial charge in [-0.25, -0.2) is 0 Å². The summed E-state index contributed by atoms with van der Waals surface area (Å²) in [5.41, 5.74) is 5.41. The zero-order valence-electron chi connectivity index (χ0n) is 7.94. The fourth-order valence-electron chi connectivity index (χ4n) is 1.58.